The Morgan fingerprint density at radius 1 is 1.60 bits per heavy atom. The van der Waals surface area contributed by atoms with Gasteiger partial charge in [-0.2, -0.15) is 0 Å². The second-order valence-electron chi connectivity index (χ2n) is 4.91. The molecule has 108 valence electrons. The molecule has 0 saturated heterocycles. The van der Waals surface area contributed by atoms with Crippen LogP contribution in [0.2, 0.25) is 0 Å². The van der Waals surface area contributed by atoms with E-state index in [9.17, 15) is 9.18 Å². The van der Waals surface area contributed by atoms with Gasteiger partial charge in [-0.25, -0.2) is 9.18 Å². The lowest BCUT2D eigenvalue weighted by atomic mass is 10.1. The molecule has 1 aromatic rings. The maximum absolute atomic E-state index is 13.5. The second-order valence-corrected chi connectivity index (χ2v) is 4.91. The zero-order valence-electron chi connectivity index (χ0n) is 11.2. The van der Waals surface area contributed by atoms with Gasteiger partial charge in [0.05, 0.1) is 12.2 Å². The van der Waals surface area contributed by atoms with Crippen LogP contribution < -0.4 is 10.6 Å². The average molecular weight is 279 g/mol. The standard InChI is InChI=1S/C14H18FN3O2/c1-9(12-4-5-16-7-13(12)15)17-14(20)18-11-3-2-10(6-11)8-19/h2-5,7,9-11,19H,6,8H2,1H3,(H2,17,18,20)/t9-,10+,11-/m1/s1. The van der Waals surface area contributed by atoms with E-state index in [1.807, 2.05) is 12.2 Å². The minimum absolute atomic E-state index is 0.0783. The van der Waals surface area contributed by atoms with Gasteiger partial charge in [-0.05, 0) is 19.4 Å². The monoisotopic (exact) mass is 279 g/mol. The van der Waals surface area contributed by atoms with Crippen molar-refractivity contribution in [3.63, 3.8) is 0 Å². The Morgan fingerprint density at radius 3 is 3.05 bits per heavy atom. The molecule has 1 heterocycles. The molecule has 0 fully saturated rings. The summed E-state index contributed by atoms with van der Waals surface area (Å²) in [6.45, 7) is 1.79. The zero-order valence-corrected chi connectivity index (χ0v) is 11.2. The summed E-state index contributed by atoms with van der Waals surface area (Å²) in [4.78, 5) is 15.5. The van der Waals surface area contributed by atoms with Gasteiger partial charge in [-0.1, -0.05) is 12.2 Å². The Hall–Kier alpha value is -1.95. The minimum Gasteiger partial charge on any atom is -0.396 e. The molecule has 0 spiro atoms. The number of urea groups is 1. The van der Waals surface area contributed by atoms with E-state index in [-0.39, 0.29) is 24.6 Å². The maximum Gasteiger partial charge on any atom is 0.315 e. The summed E-state index contributed by atoms with van der Waals surface area (Å²) >= 11 is 0. The number of rotatable bonds is 4. The van der Waals surface area contributed by atoms with Crippen LogP contribution in [0.3, 0.4) is 0 Å². The van der Waals surface area contributed by atoms with E-state index >= 15 is 0 Å². The van der Waals surface area contributed by atoms with E-state index in [0.29, 0.717) is 12.0 Å². The fraction of sp³-hybridized carbons (Fsp3) is 0.429. The summed E-state index contributed by atoms with van der Waals surface area (Å²) in [5.41, 5.74) is 0.394. The van der Waals surface area contributed by atoms with Crippen LogP contribution in [0.25, 0.3) is 0 Å². The van der Waals surface area contributed by atoms with Crippen molar-refractivity contribution in [3.8, 4) is 0 Å². The van der Waals surface area contributed by atoms with Crippen LogP contribution in [-0.2, 0) is 0 Å². The number of aromatic nitrogens is 1. The molecule has 5 nitrogen and oxygen atoms in total. The lowest BCUT2D eigenvalue weighted by Crippen LogP contribution is -2.42. The minimum atomic E-state index is -0.447. The van der Waals surface area contributed by atoms with Gasteiger partial charge in [-0.15, -0.1) is 0 Å². The molecule has 0 aromatic carbocycles. The normalized spacial score (nSPS) is 22.6. The van der Waals surface area contributed by atoms with Crippen molar-refractivity contribution in [2.75, 3.05) is 6.61 Å². The Labute approximate surface area is 116 Å². The number of halogens is 1. The number of nitrogens with zero attached hydrogens (tertiary/aromatic N) is 1. The van der Waals surface area contributed by atoms with Crippen molar-refractivity contribution in [2.45, 2.75) is 25.4 Å². The third-order valence-electron chi connectivity index (χ3n) is 3.34. The first kappa shape index (κ1) is 14.5. The predicted octanol–water partition coefficient (Wildman–Crippen LogP) is 1.52. The summed E-state index contributed by atoms with van der Waals surface area (Å²) in [5.74, 6) is -0.350. The van der Waals surface area contributed by atoms with Crippen LogP contribution >= 0.6 is 0 Å². The highest BCUT2D eigenvalue weighted by Gasteiger charge is 2.21. The topological polar surface area (TPSA) is 74.2 Å². The number of pyridine rings is 1. The third-order valence-corrected chi connectivity index (χ3v) is 3.34. The number of hydrogen-bond acceptors (Lipinski definition) is 3. The van der Waals surface area contributed by atoms with Crippen LogP contribution in [-0.4, -0.2) is 28.8 Å². The van der Waals surface area contributed by atoms with E-state index in [1.165, 1.54) is 12.3 Å². The Kier molecular flexibility index (Phi) is 4.68. The lowest BCUT2D eigenvalue weighted by Gasteiger charge is -2.18. The van der Waals surface area contributed by atoms with Crippen LogP contribution in [0, 0.1) is 11.7 Å². The van der Waals surface area contributed by atoms with Crippen LogP contribution in [0.15, 0.2) is 30.6 Å². The molecule has 1 aliphatic carbocycles. The Balaban J connectivity index is 1.86. The first-order chi connectivity index (χ1) is 9.60. The second kappa shape index (κ2) is 6.47. The molecule has 2 amide bonds. The largest absolute Gasteiger partial charge is 0.396 e. The highest BCUT2D eigenvalue weighted by molar-refractivity contribution is 5.75. The SMILES string of the molecule is C[C@@H](NC(=O)N[C@@H]1C=C[C@H](CO)C1)c1ccncc1F. The fourth-order valence-corrected chi connectivity index (χ4v) is 2.24. The first-order valence-electron chi connectivity index (χ1n) is 6.55. The Bertz CT molecular complexity index is 507. The van der Waals surface area contributed by atoms with E-state index in [4.69, 9.17) is 5.11 Å². The average Bonchev–Trinajstić information content (AvgIpc) is 2.86. The number of amides is 2. The number of hydrogen-bond donors (Lipinski definition) is 3. The number of aliphatic hydroxyl groups is 1. The van der Waals surface area contributed by atoms with Crippen molar-refractivity contribution >= 4 is 6.03 Å². The summed E-state index contributed by atoms with van der Waals surface area (Å²) in [7, 11) is 0. The zero-order chi connectivity index (χ0) is 14.5. The molecular weight excluding hydrogens is 261 g/mol. The van der Waals surface area contributed by atoms with Gasteiger partial charge >= 0.3 is 6.03 Å². The molecule has 0 radical (unpaired) electrons. The molecule has 6 heteroatoms. The van der Waals surface area contributed by atoms with Crippen LogP contribution in [0.4, 0.5) is 9.18 Å². The Morgan fingerprint density at radius 2 is 2.40 bits per heavy atom. The van der Waals surface area contributed by atoms with Gasteiger partial charge < -0.3 is 15.7 Å². The van der Waals surface area contributed by atoms with Crippen molar-refractivity contribution in [3.05, 3.63) is 42.0 Å². The third kappa shape index (κ3) is 3.54. The van der Waals surface area contributed by atoms with Gasteiger partial charge in [-0.3, -0.25) is 4.98 Å². The number of aliphatic hydroxyl groups excluding tert-OH is 1. The van der Waals surface area contributed by atoms with Gasteiger partial charge in [0.2, 0.25) is 0 Å². The van der Waals surface area contributed by atoms with Crippen LogP contribution in [0.5, 0.6) is 0 Å². The lowest BCUT2D eigenvalue weighted by molar-refractivity contribution is 0.229. The summed E-state index contributed by atoms with van der Waals surface area (Å²) < 4.78 is 13.5. The fourth-order valence-electron chi connectivity index (χ4n) is 2.24. The summed E-state index contributed by atoms with van der Waals surface area (Å²) in [6, 6.07) is 0.637. The van der Waals surface area contributed by atoms with E-state index in [1.54, 1.807) is 6.92 Å². The molecule has 3 N–H and O–H groups in total. The van der Waals surface area contributed by atoms with E-state index in [0.717, 1.165) is 6.20 Å². The summed E-state index contributed by atoms with van der Waals surface area (Å²) in [5, 5.41) is 14.5. The number of carbonyl (C=O) groups excluding carboxylic acids is 1. The number of nitrogens with one attached hydrogen (secondary N) is 2. The van der Waals surface area contributed by atoms with Crippen molar-refractivity contribution in [1.82, 2.24) is 15.6 Å². The first-order valence-corrected chi connectivity index (χ1v) is 6.55. The highest BCUT2D eigenvalue weighted by atomic mass is 19.1. The van der Waals surface area contributed by atoms with Gasteiger partial charge in [0.25, 0.3) is 0 Å². The predicted molar refractivity (Wildman–Crippen MR) is 72.4 cm³/mol. The molecule has 0 aliphatic heterocycles. The van der Waals surface area contributed by atoms with Crippen molar-refractivity contribution in [2.24, 2.45) is 5.92 Å². The molecule has 20 heavy (non-hydrogen) atoms. The van der Waals surface area contributed by atoms with E-state index < -0.39 is 11.9 Å². The highest BCUT2D eigenvalue weighted by Crippen LogP contribution is 2.18. The molecule has 0 unspecified atom stereocenters. The van der Waals surface area contributed by atoms with Gasteiger partial charge in [0.15, 0.2) is 0 Å². The van der Waals surface area contributed by atoms with Gasteiger partial charge in [0.1, 0.15) is 5.82 Å². The maximum atomic E-state index is 13.5. The smallest absolute Gasteiger partial charge is 0.315 e. The quantitative estimate of drug-likeness (QED) is 0.732. The van der Waals surface area contributed by atoms with Crippen LogP contribution in [0.1, 0.15) is 24.9 Å². The van der Waals surface area contributed by atoms with E-state index in [2.05, 4.69) is 15.6 Å². The number of carbonyl (C=O) groups is 1. The molecule has 0 saturated carbocycles. The van der Waals surface area contributed by atoms with Crippen molar-refractivity contribution in [1.29, 1.82) is 0 Å². The summed E-state index contributed by atoms with van der Waals surface area (Å²) in [6.07, 6.45) is 7.04. The molecule has 1 aromatic heterocycles. The van der Waals surface area contributed by atoms with Gasteiger partial charge in [0, 0.05) is 30.3 Å². The van der Waals surface area contributed by atoms with Crippen molar-refractivity contribution < 1.29 is 14.3 Å². The molecule has 3 atom stereocenters. The molecule has 1 aliphatic rings. The molecule has 0 bridgehead atoms. The molecular formula is C14H18FN3O2. The molecule has 2 rings (SSSR count).